The molecule has 0 aliphatic rings. The second-order valence-corrected chi connectivity index (χ2v) is 4.51. The zero-order valence-electron chi connectivity index (χ0n) is 7.46. The molecule has 0 heterocycles. The molecular formula is C9H9Br2NO2. The summed E-state index contributed by atoms with van der Waals surface area (Å²) < 4.78 is 7.03. The number of amides is 1. The van der Waals surface area contributed by atoms with E-state index in [0.717, 1.165) is 8.95 Å². The lowest BCUT2D eigenvalue weighted by Crippen LogP contribution is -2.30. The Balaban J connectivity index is 2.82. The van der Waals surface area contributed by atoms with E-state index in [1.807, 2.05) is 12.1 Å². The Morgan fingerprint density at radius 2 is 2.14 bits per heavy atom. The summed E-state index contributed by atoms with van der Waals surface area (Å²) in [4.78, 5) is 10.8. The number of carbonyl (C=O) groups is 1. The van der Waals surface area contributed by atoms with E-state index in [1.54, 1.807) is 13.0 Å². The van der Waals surface area contributed by atoms with E-state index in [-0.39, 0.29) is 0 Å². The van der Waals surface area contributed by atoms with Gasteiger partial charge in [0.15, 0.2) is 6.10 Å². The molecule has 5 heteroatoms. The number of carbonyl (C=O) groups excluding carboxylic acids is 1. The van der Waals surface area contributed by atoms with Crippen molar-refractivity contribution in [3.63, 3.8) is 0 Å². The monoisotopic (exact) mass is 321 g/mol. The SMILES string of the molecule is CC(Oc1ccc(Br)cc1Br)C(N)=O. The highest BCUT2D eigenvalue weighted by molar-refractivity contribution is 9.11. The van der Waals surface area contributed by atoms with Gasteiger partial charge in [-0.2, -0.15) is 0 Å². The lowest BCUT2D eigenvalue weighted by atomic mass is 10.3. The third-order valence-corrected chi connectivity index (χ3v) is 2.71. The van der Waals surface area contributed by atoms with Crippen LogP contribution < -0.4 is 10.5 Å². The Morgan fingerprint density at radius 3 is 2.64 bits per heavy atom. The van der Waals surface area contributed by atoms with Crippen molar-refractivity contribution in [3.05, 3.63) is 27.1 Å². The van der Waals surface area contributed by atoms with E-state index in [1.165, 1.54) is 0 Å². The molecule has 1 aromatic carbocycles. The fourth-order valence-corrected chi connectivity index (χ4v) is 1.96. The van der Waals surface area contributed by atoms with Gasteiger partial charge in [0.25, 0.3) is 5.91 Å². The van der Waals surface area contributed by atoms with Crippen LogP contribution in [-0.4, -0.2) is 12.0 Å². The lowest BCUT2D eigenvalue weighted by Gasteiger charge is -2.12. The second kappa shape index (κ2) is 4.79. The third kappa shape index (κ3) is 2.99. The highest BCUT2D eigenvalue weighted by Crippen LogP contribution is 2.28. The van der Waals surface area contributed by atoms with E-state index >= 15 is 0 Å². The number of hydrogen-bond donors (Lipinski definition) is 1. The second-order valence-electron chi connectivity index (χ2n) is 2.74. The molecule has 1 amide bonds. The average molecular weight is 323 g/mol. The Bertz CT molecular complexity index is 355. The van der Waals surface area contributed by atoms with Crippen LogP contribution in [0.5, 0.6) is 5.75 Å². The van der Waals surface area contributed by atoms with E-state index in [2.05, 4.69) is 31.9 Å². The number of primary amides is 1. The number of hydrogen-bond acceptors (Lipinski definition) is 2. The zero-order valence-corrected chi connectivity index (χ0v) is 10.6. The van der Waals surface area contributed by atoms with Crippen LogP contribution in [0.1, 0.15) is 6.92 Å². The molecule has 0 fully saturated rings. The van der Waals surface area contributed by atoms with Crippen LogP contribution in [0.3, 0.4) is 0 Å². The maximum atomic E-state index is 10.8. The molecule has 0 saturated carbocycles. The first-order valence-corrected chi connectivity index (χ1v) is 5.50. The molecule has 0 radical (unpaired) electrons. The largest absolute Gasteiger partial charge is 0.480 e. The number of nitrogens with two attached hydrogens (primary N) is 1. The molecule has 1 unspecified atom stereocenters. The van der Waals surface area contributed by atoms with Crippen LogP contribution in [-0.2, 0) is 4.79 Å². The standard InChI is InChI=1S/C9H9Br2NO2/c1-5(9(12)13)14-8-3-2-6(10)4-7(8)11/h2-5H,1H3,(H2,12,13). The van der Waals surface area contributed by atoms with Crippen LogP contribution in [0.2, 0.25) is 0 Å². The molecule has 14 heavy (non-hydrogen) atoms. The lowest BCUT2D eigenvalue weighted by molar-refractivity contribution is -0.124. The Labute approximate surface area is 98.9 Å². The van der Waals surface area contributed by atoms with Gasteiger partial charge < -0.3 is 10.5 Å². The Morgan fingerprint density at radius 1 is 1.50 bits per heavy atom. The predicted octanol–water partition coefficient (Wildman–Crippen LogP) is 2.46. The third-order valence-electron chi connectivity index (χ3n) is 1.60. The van der Waals surface area contributed by atoms with Crippen molar-refractivity contribution in [2.45, 2.75) is 13.0 Å². The molecule has 76 valence electrons. The van der Waals surface area contributed by atoms with Gasteiger partial charge >= 0.3 is 0 Å². The number of ether oxygens (including phenoxy) is 1. The molecule has 0 aliphatic heterocycles. The Kier molecular flexibility index (Phi) is 3.95. The molecule has 1 atom stereocenters. The Hall–Kier alpha value is -0.550. The average Bonchev–Trinajstić information content (AvgIpc) is 2.09. The fraction of sp³-hybridized carbons (Fsp3) is 0.222. The summed E-state index contributed by atoms with van der Waals surface area (Å²) in [5, 5.41) is 0. The summed E-state index contributed by atoms with van der Waals surface area (Å²) in [7, 11) is 0. The maximum absolute atomic E-state index is 10.8. The van der Waals surface area contributed by atoms with Gasteiger partial charge in [-0.25, -0.2) is 0 Å². The van der Waals surface area contributed by atoms with Crippen molar-refractivity contribution >= 4 is 37.8 Å². The van der Waals surface area contributed by atoms with Gasteiger partial charge in [0.1, 0.15) is 5.75 Å². The van der Waals surface area contributed by atoms with Crippen LogP contribution in [0.25, 0.3) is 0 Å². The van der Waals surface area contributed by atoms with Crippen LogP contribution in [0, 0.1) is 0 Å². The van der Waals surface area contributed by atoms with Crippen LogP contribution >= 0.6 is 31.9 Å². The minimum Gasteiger partial charge on any atom is -0.480 e. The van der Waals surface area contributed by atoms with Crippen LogP contribution in [0.4, 0.5) is 0 Å². The molecule has 0 spiro atoms. The molecule has 0 bridgehead atoms. The van der Waals surface area contributed by atoms with Crippen molar-refractivity contribution in [1.29, 1.82) is 0 Å². The number of halogens is 2. The summed E-state index contributed by atoms with van der Waals surface area (Å²) >= 11 is 6.63. The number of rotatable bonds is 3. The topological polar surface area (TPSA) is 52.3 Å². The summed E-state index contributed by atoms with van der Waals surface area (Å²) in [5.41, 5.74) is 5.08. The van der Waals surface area contributed by atoms with Gasteiger partial charge in [-0.05, 0) is 41.1 Å². The molecule has 1 rings (SSSR count). The van der Waals surface area contributed by atoms with Gasteiger partial charge in [0, 0.05) is 4.47 Å². The molecule has 0 aromatic heterocycles. The highest BCUT2D eigenvalue weighted by Gasteiger charge is 2.11. The van der Waals surface area contributed by atoms with E-state index in [4.69, 9.17) is 10.5 Å². The van der Waals surface area contributed by atoms with E-state index < -0.39 is 12.0 Å². The molecule has 1 aromatic rings. The van der Waals surface area contributed by atoms with Crippen molar-refractivity contribution < 1.29 is 9.53 Å². The normalized spacial score (nSPS) is 12.2. The maximum Gasteiger partial charge on any atom is 0.258 e. The smallest absolute Gasteiger partial charge is 0.258 e. The fourth-order valence-electron chi connectivity index (χ4n) is 0.819. The first-order chi connectivity index (χ1) is 6.50. The van der Waals surface area contributed by atoms with Gasteiger partial charge in [0.05, 0.1) is 4.47 Å². The van der Waals surface area contributed by atoms with Crippen molar-refractivity contribution in [2.75, 3.05) is 0 Å². The van der Waals surface area contributed by atoms with Crippen LogP contribution in [0.15, 0.2) is 27.1 Å². The minimum atomic E-state index is -0.632. The summed E-state index contributed by atoms with van der Waals surface area (Å²) in [6, 6.07) is 5.42. The molecule has 2 N–H and O–H groups in total. The predicted molar refractivity (Wildman–Crippen MR) is 61.1 cm³/mol. The van der Waals surface area contributed by atoms with Gasteiger partial charge in [-0.15, -0.1) is 0 Å². The summed E-state index contributed by atoms with van der Waals surface area (Å²) in [5.74, 6) is 0.110. The molecule has 3 nitrogen and oxygen atoms in total. The first-order valence-electron chi connectivity index (χ1n) is 3.91. The van der Waals surface area contributed by atoms with Crippen molar-refractivity contribution in [3.8, 4) is 5.75 Å². The van der Waals surface area contributed by atoms with E-state index in [9.17, 15) is 4.79 Å². The first kappa shape index (κ1) is 11.5. The van der Waals surface area contributed by atoms with Gasteiger partial charge in [-0.3, -0.25) is 4.79 Å². The summed E-state index contributed by atoms with van der Waals surface area (Å²) in [6.45, 7) is 1.61. The van der Waals surface area contributed by atoms with Gasteiger partial charge in [-0.1, -0.05) is 15.9 Å². The highest BCUT2D eigenvalue weighted by atomic mass is 79.9. The minimum absolute atomic E-state index is 0.486. The zero-order chi connectivity index (χ0) is 10.7. The molecular weight excluding hydrogens is 314 g/mol. The summed E-state index contributed by atoms with van der Waals surface area (Å²) in [6.07, 6.45) is -0.632. The quantitative estimate of drug-likeness (QED) is 0.929. The number of benzene rings is 1. The van der Waals surface area contributed by atoms with E-state index in [0.29, 0.717) is 5.75 Å². The molecule has 0 saturated heterocycles. The van der Waals surface area contributed by atoms with Gasteiger partial charge in [0.2, 0.25) is 0 Å². The van der Waals surface area contributed by atoms with Crippen molar-refractivity contribution in [1.82, 2.24) is 0 Å². The molecule has 0 aliphatic carbocycles. The van der Waals surface area contributed by atoms with Crippen molar-refractivity contribution in [2.24, 2.45) is 5.73 Å².